The van der Waals surface area contributed by atoms with Crippen molar-refractivity contribution in [2.75, 3.05) is 37.1 Å². The number of cyclic esters (lactones) is 1. The van der Waals surface area contributed by atoms with Crippen LogP contribution in [0.1, 0.15) is 27.0 Å². The van der Waals surface area contributed by atoms with Gasteiger partial charge in [-0.05, 0) is 36.4 Å². The highest BCUT2D eigenvalue weighted by Crippen LogP contribution is 2.47. The van der Waals surface area contributed by atoms with Crippen LogP contribution in [-0.2, 0) is 10.3 Å². The summed E-state index contributed by atoms with van der Waals surface area (Å²) in [6.45, 7) is 0. The number of carbonyl (C=O) groups is 1. The van der Waals surface area contributed by atoms with E-state index >= 15 is 0 Å². The molecule has 1 aliphatic rings. The first-order valence-corrected chi connectivity index (χ1v) is 9.24. The van der Waals surface area contributed by atoms with Gasteiger partial charge in [0.2, 0.25) is 0 Å². The number of benzene rings is 3. The van der Waals surface area contributed by atoms with E-state index in [0.29, 0.717) is 5.56 Å². The molecule has 0 radical (unpaired) electrons. The van der Waals surface area contributed by atoms with Crippen LogP contribution in [0.5, 0.6) is 0 Å². The Bertz CT molecular complexity index is 964. The van der Waals surface area contributed by atoms with Gasteiger partial charge in [0, 0.05) is 54.9 Å². The second kappa shape index (κ2) is 6.93. The molecule has 3 aromatic rings. The fraction of sp³-hybridized carbons (Fsp3) is 0.174. The Morgan fingerprint density at radius 3 is 1.61 bits per heavy atom. The van der Waals surface area contributed by atoms with Crippen LogP contribution in [-0.4, -0.2) is 27.1 Å². The standard InChI is InChI=1S/C23H23N3O2/c1-24-17-8-4-15(5-9-17)23(16-6-10-18(25-2)11-7-16)21-13-12-19(26-3)14-20(21)22(27)28-23/h4-14,24-26H,1-3H3. The SMILES string of the molecule is CNc1ccc(C2(c3ccc(NC)cc3)OC(=O)c3cc(NC)ccc32)cc1. The van der Waals surface area contributed by atoms with Crippen molar-refractivity contribution in [1.29, 1.82) is 0 Å². The maximum atomic E-state index is 12.9. The molecule has 0 aliphatic carbocycles. The number of carbonyl (C=O) groups excluding carboxylic acids is 1. The summed E-state index contributed by atoms with van der Waals surface area (Å²) in [5.41, 5.74) is 5.16. The molecule has 0 unspecified atom stereocenters. The first-order chi connectivity index (χ1) is 13.6. The van der Waals surface area contributed by atoms with Gasteiger partial charge in [0.05, 0.1) is 5.56 Å². The van der Waals surface area contributed by atoms with Crippen molar-refractivity contribution >= 4 is 23.0 Å². The van der Waals surface area contributed by atoms with Gasteiger partial charge < -0.3 is 20.7 Å². The number of hydrogen-bond donors (Lipinski definition) is 3. The van der Waals surface area contributed by atoms with Gasteiger partial charge in [0.25, 0.3) is 0 Å². The molecule has 0 spiro atoms. The summed E-state index contributed by atoms with van der Waals surface area (Å²) < 4.78 is 6.13. The predicted octanol–water partition coefficient (Wildman–Crippen LogP) is 4.27. The number of anilines is 3. The van der Waals surface area contributed by atoms with Crippen molar-refractivity contribution in [2.45, 2.75) is 5.60 Å². The summed E-state index contributed by atoms with van der Waals surface area (Å²) in [5, 5.41) is 9.35. The molecule has 142 valence electrons. The third kappa shape index (κ3) is 2.67. The molecule has 1 aliphatic heterocycles. The Hall–Kier alpha value is -3.47. The fourth-order valence-electron chi connectivity index (χ4n) is 3.76. The lowest BCUT2D eigenvalue weighted by atomic mass is 9.79. The molecular formula is C23H23N3O2. The average molecular weight is 373 g/mol. The van der Waals surface area contributed by atoms with Gasteiger partial charge in [0.15, 0.2) is 5.60 Å². The second-order valence-corrected chi connectivity index (χ2v) is 6.74. The van der Waals surface area contributed by atoms with E-state index in [2.05, 4.69) is 16.0 Å². The molecule has 0 saturated heterocycles. The van der Waals surface area contributed by atoms with E-state index in [4.69, 9.17) is 4.74 Å². The highest BCUT2D eigenvalue weighted by atomic mass is 16.6. The fourth-order valence-corrected chi connectivity index (χ4v) is 3.76. The smallest absolute Gasteiger partial charge is 0.340 e. The molecule has 4 rings (SSSR count). The van der Waals surface area contributed by atoms with Gasteiger partial charge in [-0.1, -0.05) is 30.3 Å². The summed E-state index contributed by atoms with van der Waals surface area (Å²) in [5.74, 6) is -0.317. The van der Waals surface area contributed by atoms with E-state index in [-0.39, 0.29) is 5.97 Å². The van der Waals surface area contributed by atoms with Crippen molar-refractivity contribution in [3.05, 3.63) is 89.0 Å². The van der Waals surface area contributed by atoms with Crippen LogP contribution in [0.25, 0.3) is 0 Å². The van der Waals surface area contributed by atoms with Gasteiger partial charge in [-0.2, -0.15) is 0 Å². The molecule has 0 aromatic heterocycles. The Morgan fingerprint density at radius 2 is 1.14 bits per heavy atom. The number of hydrogen-bond acceptors (Lipinski definition) is 5. The molecule has 0 amide bonds. The second-order valence-electron chi connectivity index (χ2n) is 6.74. The molecular weight excluding hydrogens is 350 g/mol. The number of nitrogens with one attached hydrogen (secondary N) is 3. The van der Waals surface area contributed by atoms with Gasteiger partial charge in [-0.3, -0.25) is 0 Å². The highest BCUT2D eigenvalue weighted by molar-refractivity contribution is 5.97. The number of esters is 1. The van der Waals surface area contributed by atoms with Crippen molar-refractivity contribution in [3.8, 4) is 0 Å². The number of rotatable bonds is 5. The summed E-state index contributed by atoms with van der Waals surface area (Å²) in [7, 11) is 5.60. The summed E-state index contributed by atoms with van der Waals surface area (Å²) in [6, 6.07) is 21.8. The van der Waals surface area contributed by atoms with Crippen LogP contribution >= 0.6 is 0 Å². The molecule has 0 saturated carbocycles. The maximum Gasteiger partial charge on any atom is 0.340 e. The van der Waals surface area contributed by atoms with E-state index in [1.165, 1.54) is 0 Å². The third-order valence-electron chi connectivity index (χ3n) is 5.31. The molecule has 1 heterocycles. The minimum Gasteiger partial charge on any atom is -0.441 e. The Morgan fingerprint density at radius 1 is 0.679 bits per heavy atom. The molecule has 0 bridgehead atoms. The van der Waals surface area contributed by atoms with Crippen LogP contribution in [0, 0.1) is 0 Å². The van der Waals surface area contributed by atoms with Crippen molar-refractivity contribution in [1.82, 2.24) is 0 Å². The zero-order chi connectivity index (χ0) is 19.7. The monoisotopic (exact) mass is 373 g/mol. The molecule has 3 N–H and O–H groups in total. The first kappa shape index (κ1) is 17.9. The van der Waals surface area contributed by atoms with E-state index in [0.717, 1.165) is 33.8 Å². The van der Waals surface area contributed by atoms with Gasteiger partial charge in [-0.25, -0.2) is 4.79 Å². The minimum absolute atomic E-state index is 0.317. The van der Waals surface area contributed by atoms with Crippen molar-refractivity contribution < 1.29 is 9.53 Å². The van der Waals surface area contributed by atoms with Crippen LogP contribution < -0.4 is 16.0 Å². The lowest BCUT2D eigenvalue weighted by Gasteiger charge is -2.30. The zero-order valence-corrected chi connectivity index (χ0v) is 16.2. The van der Waals surface area contributed by atoms with Crippen molar-refractivity contribution in [2.24, 2.45) is 0 Å². The van der Waals surface area contributed by atoms with E-state index < -0.39 is 5.60 Å². The van der Waals surface area contributed by atoms with E-state index in [9.17, 15) is 4.79 Å². The summed E-state index contributed by atoms with van der Waals surface area (Å²) in [6.07, 6.45) is 0. The Labute approximate surface area is 164 Å². The lowest BCUT2D eigenvalue weighted by molar-refractivity contribution is 0.0251. The minimum atomic E-state index is -0.975. The summed E-state index contributed by atoms with van der Waals surface area (Å²) in [4.78, 5) is 12.9. The molecule has 5 nitrogen and oxygen atoms in total. The Balaban J connectivity index is 1.96. The lowest BCUT2D eigenvalue weighted by Crippen LogP contribution is -2.29. The van der Waals surface area contributed by atoms with Crippen LogP contribution in [0.15, 0.2) is 66.7 Å². The van der Waals surface area contributed by atoms with Crippen LogP contribution in [0.3, 0.4) is 0 Å². The normalized spacial score (nSPS) is 14.2. The largest absolute Gasteiger partial charge is 0.441 e. The Kier molecular flexibility index (Phi) is 4.43. The summed E-state index contributed by atoms with van der Waals surface area (Å²) >= 11 is 0. The van der Waals surface area contributed by atoms with Gasteiger partial charge in [0.1, 0.15) is 0 Å². The molecule has 28 heavy (non-hydrogen) atoms. The highest BCUT2D eigenvalue weighted by Gasteiger charge is 2.48. The van der Waals surface area contributed by atoms with Gasteiger partial charge in [-0.15, -0.1) is 0 Å². The van der Waals surface area contributed by atoms with E-state index in [1.54, 1.807) is 0 Å². The maximum absolute atomic E-state index is 12.9. The van der Waals surface area contributed by atoms with Crippen LogP contribution in [0.2, 0.25) is 0 Å². The molecule has 5 heteroatoms. The molecule has 0 fully saturated rings. The average Bonchev–Trinajstić information content (AvgIpc) is 3.06. The third-order valence-corrected chi connectivity index (χ3v) is 5.31. The van der Waals surface area contributed by atoms with E-state index in [1.807, 2.05) is 87.9 Å². The van der Waals surface area contributed by atoms with Gasteiger partial charge >= 0.3 is 5.97 Å². The predicted molar refractivity (Wildman–Crippen MR) is 113 cm³/mol. The quantitative estimate of drug-likeness (QED) is 0.583. The van der Waals surface area contributed by atoms with Crippen LogP contribution in [0.4, 0.5) is 17.1 Å². The first-order valence-electron chi connectivity index (χ1n) is 9.24. The number of fused-ring (bicyclic) bond motifs is 1. The topological polar surface area (TPSA) is 62.4 Å². The van der Waals surface area contributed by atoms with Crippen molar-refractivity contribution in [3.63, 3.8) is 0 Å². The zero-order valence-electron chi connectivity index (χ0n) is 16.2. The molecule has 0 atom stereocenters. The molecule has 3 aromatic carbocycles. The number of ether oxygens (including phenoxy) is 1.